The lowest BCUT2D eigenvalue weighted by molar-refractivity contribution is 0.265. The molecule has 1 aliphatic carbocycles. The minimum atomic E-state index is 0.475. The Kier molecular flexibility index (Phi) is 4.37. The van der Waals surface area contributed by atoms with E-state index in [9.17, 15) is 0 Å². The molecule has 3 rings (SSSR count). The normalized spacial score (nSPS) is 18.6. The SMILES string of the molecule is CC(C1CCCCC1)n1c(CCl)nc2ccc(Br)cc21. The van der Waals surface area contributed by atoms with E-state index in [0.717, 1.165) is 21.7 Å². The van der Waals surface area contributed by atoms with Crippen molar-refractivity contribution in [1.82, 2.24) is 9.55 Å². The second kappa shape index (κ2) is 6.07. The van der Waals surface area contributed by atoms with Crippen molar-refractivity contribution in [3.8, 4) is 0 Å². The Morgan fingerprint density at radius 2 is 2.10 bits per heavy atom. The molecule has 0 radical (unpaired) electrons. The number of benzene rings is 1. The summed E-state index contributed by atoms with van der Waals surface area (Å²) in [6.45, 7) is 2.33. The van der Waals surface area contributed by atoms with Crippen LogP contribution in [-0.4, -0.2) is 9.55 Å². The summed E-state index contributed by atoms with van der Waals surface area (Å²) in [6, 6.07) is 6.75. The summed E-state index contributed by atoms with van der Waals surface area (Å²) in [5.41, 5.74) is 2.25. The zero-order valence-electron chi connectivity index (χ0n) is 11.8. The highest BCUT2D eigenvalue weighted by molar-refractivity contribution is 9.10. The number of alkyl halides is 1. The van der Waals surface area contributed by atoms with E-state index in [1.165, 1.54) is 37.6 Å². The Morgan fingerprint density at radius 3 is 2.80 bits per heavy atom. The lowest BCUT2D eigenvalue weighted by Gasteiger charge is -2.30. The van der Waals surface area contributed by atoms with Gasteiger partial charge in [-0.05, 0) is 43.9 Å². The first-order chi connectivity index (χ1) is 9.70. The summed E-state index contributed by atoms with van der Waals surface area (Å²) in [4.78, 5) is 4.70. The number of hydrogen-bond acceptors (Lipinski definition) is 1. The summed E-state index contributed by atoms with van der Waals surface area (Å²) in [6.07, 6.45) is 6.78. The van der Waals surface area contributed by atoms with Crippen molar-refractivity contribution in [2.75, 3.05) is 0 Å². The highest BCUT2D eigenvalue weighted by Crippen LogP contribution is 2.36. The molecule has 2 aromatic rings. The van der Waals surface area contributed by atoms with Crippen LogP contribution in [0.4, 0.5) is 0 Å². The summed E-state index contributed by atoms with van der Waals surface area (Å²) >= 11 is 9.70. The van der Waals surface area contributed by atoms with Crippen LogP contribution >= 0.6 is 27.5 Å². The van der Waals surface area contributed by atoms with Crippen LogP contribution in [0.2, 0.25) is 0 Å². The highest BCUT2D eigenvalue weighted by Gasteiger charge is 2.24. The molecule has 0 aliphatic heterocycles. The van der Waals surface area contributed by atoms with E-state index in [2.05, 4.69) is 39.6 Å². The maximum atomic E-state index is 6.13. The van der Waals surface area contributed by atoms with E-state index in [0.29, 0.717) is 11.9 Å². The number of halogens is 2. The molecule has 4 heteroatoms. The second-order valence-corrected chi connectivity index (χ2v) is 6.99. The topological polar surface area (TPSA) is 17.8 Å². The van der Waals surface area contributed by atoms with Gasteiger partial charge in [-0.1, -0.05) is 35.2 Å². The molecule has 0 bridgehead atoms. The smallest absolute Gasteiger partial charge is 0.125 e. The highest BCUT2D eigenvalue weighted by atomic mass is 79.9. The molecular formula is C16H20BrClN2. The fraction of sp³-hybridized carbons (Fsp3) is 0.562. The molecule has 20 heavy (non-hydrogen) atoms. The predicted molar refractivity (Wildman–Crippen MR) is 88.3 cm³/mol. The summed E-state index contributed by atoms with van der Waals surface area (Å²) < 4.78 is 3.46. The Bertz CT molecular complexity index is 602. The van der Waals surface area contributed by atoms with E-state index in [1.54, 1.807) is 0 Å². The van der Waals surface area contributed by atoms with Gasteiger partial charge in [0, 0.05) is 10.5 Å². The van der Waals surface area contributed by atoms with Gasteiger partial charge in [0.1, 0.15) is 5.82 Å². The molecular weight excluding hydrogens is 336 g/mol. The van der Waals surface area contributed by atoms with E-state index in [4.69, 9.17) is 16.6 Å². The van der Waals surface area contributed by atoms with Crippen LogP contribution < -0.4 is 0 Å². The first kappa shape index (κ1) is 14.4. The monoisotopic (exact) mass is 354 g/mol. The zero-order chi connectivity index (χ0) is 14.1. The van der Waals surface area contributed by atoms with Crippen molar-refractivity contribution in [3.05, 3.63) is 28.5 Å². The fourth-order valence-electron chi connectivity index (χ4n) is 3.49. The number of aromatic nitrogens is 2. The van der Waals surface area contributed by atoms with Gasteiger partial charge in [-0.25, -0.2) is 4.98 Å². The molecule has 0 N–H and O–H groups in total. The van der Waals surface area contributed by atoms with Gasteiger partial charge in [0.05, 0.1) is 16.9 Å². The standard InChI is InChI=1S/C16H20BrClN2/c1-11(12-5-3-2-4-6-12)20-15-9-13(17)7-8-14(15)19-16(20)10-18/h7-9,11-12H,2-6,10H2,1H3. The lowest BCUT2D eigenvalue weighted by atomic mass is 9.84. The van der Waals surface area contributed by atoms with Crippen molar-refractivity contribution in [3.63, 3.8) is 0 Å². The van der Waals surface area contributed by atoms with Gasteiger partial charge in [0.25, 0.3) is 0 Å². The van der Waals surface area contributed by atoms with Crippen LogP contribution in [0.15, 0.2) is 22.7 Å². The Hall–Kier alpha value is -0.540. The number of imidazole rings is 1. The van der Waals surface area contributed by atoms with Crippen LogP contribution in [0.3, 0.4) is 0 Å². The van der Waals surface area contributed by atoms with Crippen LogP contribution in [0, 0.1) is 5.92 Å². The number of hydrogen-bond donors (Lipinski definition) is 0. The Labute approximate surface area is 133 Å². The molecule has 1 heterocycles. The molecule has 1 aromatic carbocycles. The van der Waals surface area contributed by atoms with Gasteiger partial charge in [0.2, 0.25) is 0 Å². The lowest BCUT2D eigenvalue weighted by Crippen LogP contribution is -2.20. The van der Waals surface area contributed by atoms with E-state index < -0.39 is 0 Å². The van der Waals surface area contributed by atoms with Gasteiger partial charge < -0.3 is 4.57 Å². The zero-order valence-corrected chi connectivity index (χ0v) is 14.1. The van der Waals surface area contributed by atoms with E-state index in [1.807, 2.05) is 6.07 Å². The average Bonchev–Trinajstić information content (AvgIpc) is 2.85. The maximum Gasteiger partial charge on any atom is 0.125 e. The Balaban J connectivity index is 2.05. The third-order valence-corrected chi connectivity index (χ3v) is 5.32. The first-order valence-corrected chi connectivity index (χ1v) is 8.76. The summed E-state index contributed by atoms with van der Waals surface area (Å²) in [5.74, 6) is 2.23. The minimum absolute atomic E-state index is 0.475. The van der Waals surface area contributed by atoms with E-state index >= 15 is 0 Å². The van der Waals surface area contributed by atoms with Crippen molar-refractivity contribution in [1.29, 1.82) is 0 Å². The van der Waals surface area contributed by atoms with Crippen LogP contribution in [0.25, 0.3) is 11.0 Å². The molecule has 0 saturated heterocycles. The minimum Gasteiger partial charge on any atom is -0.324 e. The second-order valence-electron chi connectivity index (χ2n) is 5.80. The van der Waals surface area contributed by atoms with Crippen molar-refractivity contribution in [2.24, 2.45) is 5.92 Å². The molecule has 2 nitrogen and oxygen atoms in total. The molecule has 1 atom stereocenters. The maximum absolute atomic E-state index is 6.13. The third-order valence-electron chi connectivity index (χ3n) is 4.58. The molecule has 108 valence electrons. The molecule has 1 unspecified atom stereocenters. The van der Waals surface area contributed by atoms with Gasteiger partial charge in [-0.15, -0.1) is 11.6 Å². The molecule has 1 fully saturated rings. The average molecular weight is 356 g/mol. The molecule has 0 amide bonds. The number of nitrogens with zero attached hydrogens (tertiary/aromatic N) is 2. The van der Waals surface area contributed by atoms with Crippen LogP contribution in [0.5, 0.6) is 0 Å². The first-order valence-electron chi connectivity index (χ1n) is 7.43. The quantitative estimate of drug-likeness (QED) is 0.648. The van der Waals surface area contributed by atoms with Gasteiger partial charge in [0.15, 0.2) is 0 Å². The summed E-state index contributed by atoms with van der Waals surface area (Å²) in [7, 11) is 0. The van der Waals surface area contributed by atoms with Gasteiger partial charge >= 0.3 is 0 Å². The summed E-state index contributed by atoms with van der Waals surface area (Å²) in [5, 5.41) is 0. The third kappa shape index (κ3) is 2.62. The number of rotatable bonds is 3. The van der Waals surface area contributed by atoms with Crippen molar-refractivity contribution >= 4 is 38.6 Å². The number of fused-ring (bicyclic) bond motifs is 1. The van der Waals surface area contributed by atoms with Crippen LogP contribution in [-0.2, 0) is 5.88 Å². The van der Waals surface area contributed by atoms with Crippen LogP contribution in [0.1, 0.15) is 50.9 Å². The van der Waals surface area contributed by atoms with E-state index in [-0.39, 0.29) is 0 Å². The molecule has 1 saturated carbocycles. The Morgan fingerprint density at radius 1 is 1.35 bits per heavy atom. The molecule has 0 spiro atoms. The predicted octanol–water partition coefficient (Wildman–Crippen LogP) is 5.68. The molecule has 1 aliphatic rings. The van der Waals surface area contributed by atoms with Gasteiger partial charge in [-0.3, -0.25) is 0 Å². The largest absolute Gasteiger partial charge is 0.324 e. The molecule has 1 aromatic heterocycles. The van der Waals surface area contributed by atoms with Gasteiger partial charge in [-0.2, -0.15) is 0 Å². The fourth-order valence-corrected chi connectivity index (χ4v) is 4.03. The van der Waals surface area contributed by atoms with Crippen molar-refractivity contribution < 1.29 is 0 Å². The van der Waals surface area contributed by atoms with Crippen molar-refractivity contribution in [2.45, 2.75) is 50.9 Å².